The first-order valence-electron chi connectivity index (χ1n) is 6.35. The van der Waals surface area contributed by atoms with Crippen LogP contribution < -0.4 is 11.1 Å². The lowest BCUT2D eigenvalue weighted by molar-refractivity contribution is 0.0925. The molecule has 18 heavy (non-hydrogen) atoms. The van der Waals surface area contributed by atoms with E-state index in [4.69, 9.17) is 17.3 Å². The number of hydrogen-bond acceptors (Lipinski definition) is 2. The Morgan fingerprint density at radius 2 is 2.00 bits per heavy atom. The second kappa shape index (κ2) is 6.64. The minimum Gasteiger partial charge on any atom is -0.398 e. The van der Waals surface area contributed by atoms with E-state index < -0.39 is 0 Å². The molecule has 0 spiro atoms. The van der Waals surface area contributed by atoms with Crippen LogP contribution in [0.15, 0.2) is 18.2 Å². The first-order chi connectivity index (χ1) is 8.49. The maximum Gasteiger partial charge on any atom is 0.251 e. The van der Waals surface area contributed by atoms with Gasteiger partial charge in [0.25, 0.3) is 5.91 Å². The van der Waals surface area contributed by atoms with Crippen LogP contribution in [-0.2, 0) is 0 Å². The molecule has 3 nitrogen and oxygen atoms in total. The van der Waals surface area contributed by atoms with Crippen molar-refractivity contribution in [2.75, 3.05) is 5.73 Å². The van der Waals surface area contributed by atoms with Crippen molar-refractivity contribution in [3.8, 4) is 0 Å². The molecule has 0 fully saturated rings. The number of nitrogen functional groups attached to an aromatic ring is 1. The number of benzene rings is 1. The third kappa shape index (κ3) is 3.64. The molecule has 0 aromatic heterocycles. The first-order valence-corrected chi connectivity index (χ1v) is 6.73. The van der Waals surface area contributed by atoms with Gasteiger partial charge in [0, 0.05) is 11.6 Å². The molecule has 100 valence electrons. The molecule has 0 bridgehead atoms. The Balaban J connectivity index is 2.73. The van der Waals surface area contributed by atoms with Gasteiger partial charge in [0.1, 0.15) is 0 Å². The number of anilines is 1. The van der Waals surface area contributed by atoms with Gasteiger partial charge in [-0.1, -0.05) is 38.3 Å². The molecule has 0 saturated heterocycles. The van der Waals surface area contributed by atoms with Crippen LogP contribution in [0, 0.1) is 5.92 Å². The van der Waals surface area contributed by atoms with Crippen molar-refractivity contribution in [1.82, 2.24) is 5.32 Å². The maximum absolute atomic E-state index is 12.0. The fourth-order valence-corrected chi connectivity index (χ4v) is 2.21. The Hall–Kier alpha value is -1.22. The minimum atomic E-state index is -0.0993. The minimum absolute atomic E-state index is 0.0993. The number of hydrogen-bond donors (Lipinski definition) is 2. The molecule has 3 N–H and O–H groups in total. The summed E-state index contributed by atoms with van der Waals surface area (Å²) in [5, 5.41) is 3.48. The highest BCUT2D eigenvalue weighted by molar-refractivity contribution is 6.33. The number of carbonyl (C=O) groups is 1. The van der Waals surface area contributed by atoms with Crippen LogP contribution in [0.1, 0.15) is 44.0 Å². The average molecular weight is 269 g/mol. The van der Waals surface area contributed by atoms with Crippen molar-refractivity contribution in [3.63, 3.8) is 0 Å². The van der Waals surface area contributed by atoms with Gasteiger partial charge < -0.3 is 11.1 Å². The second-order valence-corrected chi connectivity index (χ2v) is 4.98. The summed E-state index contributed by atoms with van der Waals surface area (Å²) in [4.78, 5) is 12.0. The zero-order chi connectivity index (χ0) is 13.7. The van der Waals surface area contributed by atoms with Gasteiger partial charge in [0.2, 0.25) is 0 Å². The maximum atomic E-state index is 12.0. The van der Waals surface area contributed by atoms with Crippen molar-refractivity contribution in [1.29, 1.82) is 0 Å². The highest BCUT2D eigenvalue weighted by Crippen LogP contribution is 2.20. The topological polar surface area (TPSA) is 55.1 Å². The van der Waals surface area contributed by atoms with Crippen LogP contribution in [0.3, 0.4) is 0 Å². The molecular weight excluding hydrogens is 248 g/mol. The Labute approximate surface area is 114 Å². The van der Waals surface area contributed by atoms with Crippen molar-refractivity contribution >= 4 is 23.2 Å². The van der Waals surface area contributed by atoms with Crippen LogP contribution in [-0.4, -0.2) is 11.9 Å². The predicted octanol–water partition coefficient (Wildman–Crippen LogP) is 3.48. The number of amides is 1. The van der Waals surface area contributed by atoms with E-state index in [0.29, 0.717) is 22.2 Å². The monoisotopic (exact) mass is 268 g/mol. The standard InChI is InChI=1S/C14H21ClN2O/c1-4-10(5-2)9(3)17-14(18)11-6-7-12(15)13(16)8-11/h6-10H,4-5,16H2,1-3H3,(H,17,18). The van der Waals surface area contributed by atoms with E-state index in [0.717, 1.165) is 12.8 Å². The van der Waals surface area contributed by atoms with E-state index in [2.05, 4.69) is 19.2 Å². The molecule has 0 aliphatic heterocycles. The third-order valence-electron chi connectivity index (χ3n) is 3.37. The third-order valence-corrected chi connectivity index (χ3v) is 3.72. The highest BCUT2D eigenvalue weighted by Gasteiger charge is 2.17. The number of halogens is 1. The SMILES string of the molecule is CCC(CC)C(C)NC(=O)c1ccc(Cl)c(N)c1. The van der Waals surface area contributed by atoms with E-state index in [1.54, 1.807) is 18.2 Å². The molecule has 1 atom stereocenters. The summed E-state index contributed by atoms with van der Waals surface area (Å²) in [6.07, 6.45) is 2.11. The zero-order valence-corrected chi connectivity index (χ0v) is 11.9. The van der Waals surface area contributed by atoms with E-state index in [9.17, 15) is 4.79 Å². The first kappa shape index (κ1) is 14.8. The molecule has 1 aromatic carbocycles. The number of rotatable bonds is 5. The van der Waals surface area contributed by atoms with Crippen molar-refractivity contribution in [2.45, 2.75) is 39.7 Å². The van der Waals surface area contributed by atoms with Crippen molar-refractivity contribution in [2.24, 2.45) is 5.92 Å². The van der Waals surface area contributed by atoms with Gasteiger partial charge in [-0.2, -0.15) is 0 Å². The molecule has 1 unspecified atom stereocenters. The summed E-state index contributed by atoms with van der Waals surface area (Å²) < 4.78 is 0. The van der Waals surface area contributed by atoms with Gasteiger partial charge in [-0.3, -0.25) is 4.79 Å². The van der Waals surface area contributed by atoms with E-state index in [-0.39, 0.29) is 11.9 Å². The molecule has 4 heteroatoms. The van der Waals surface area contributed by atoms with Crippen LogP contribution >= 0.6 is 11.6 Å². The van der Waals surface area contributed by atoms with Crippen LogP contribution in [0.25, 0.3) is 0 Å². The normalized spacial score (nSPS) is 12.5. The van der Waals surface area contributed by atoms with Gasteiger partial charge in [-0.25, -0.2) is 0 Å². The van der Waals surface area contributed by atoms with Gasteiger partial charge in [0.05, 0.1) is 10.7 Å². The Morgan fingerprint density at radius 1 is 1.39 bits per heavy atom. The van der Waals surface area contributed by atoms with Crippen LogP contribution in [0.4, 0.5) is 5.69 Å². The molecule has 0 aliphatic rings. The molecule has 0 heterocycles. The average Bonchev–Trinajstić information content (AvgIpc) is 2.34. The summed E-state index contributed by atoms with van der Waals surface area (Å²) in [5.74, 6) is 0.399. The second-order valence-electron chi connectivity index (χ2n) is 4.58. The van der Waals surface area contributed by atoms with Crippen molar-refractivity contribution < 1.29 is 4.79 Å². The number of nitrogens with two attached hydrogens (primary N) is 1. The lowest BCUT2D eigenvalue weighted by atomic mass is 9.95. The van der Waals surface area contributed by atoms with Gasteiger partial charge in [-0.15, -0.1) is 0 Å². The summed E-state index contributed by atoms with van der Waals surface area (Å²) in [6, 6.07) is 5.10. The largest absolute Gasteiger partial charge is 0.398 e. The van der Waals surface area contributed by atoms with Gasteiger partial charge >= 0.3 is 0 Å². The van der Waals surface area contributed by atoms with Crippen LogP contribution in [0.2, 0.25) is 5.02 Å². The molecule has 0 radical (unpaired) electrons. The molecule has 1 amide bonds. The lowest BCUT2D eigenvalue weighted by Crippen LogP contribution is -2.37. The molecular formula is C14H21ClN2O. The number of carbonyl (C=O) groups excluding carboxylic acids is 1. The zero-order valence-electron chi connectivity index (χ0n) is 11.2. The Bertz CT molecular complexity index is 416. The smallest absolute Gasteiger partial charge is 0.251 e. The summed E-state index contributed by atoms with van der Waals surface area (Å²) in [6.45, 7) is 6.31. The van der Waals surface area contributed by atoms with Crippen molar-refractivity contribution in [3.05, 3.63) is 28.8 Å². The Morgan fingerprint density at radius 3 is 2.50 bits per heavy atom. The fraction of sp³-hybridized carbons (Fsp3) is 0.500. The Kier molecular flexibility index (Phi) is 5.48. The van der Waals surface area contributed by atoms with Gasteiger partial charge in [-0.05, 0) is 31.0 Å². The summed E-state index contributed by atoms with van der Waals surface area (Å²) in [5.41, 5.74) is 6.67. The summed E-state index contributed by atoms with van der Waals surface area (Å²) >= 11 is 5.83. The van der Waals surface area contributed by atoms with E-state index in [1.807, 2.05) is 6.92 Å². The molecule has 1 aromatic rings. The van der Waals surface area contributed by atoms with Crippen LogP contribution in [0.5, 0.6) is 0 Å². The molecule has 1 rings (SSSR count). The molecule has 0 saturated carbocycles. The quantitative estimate of drug-likeness (QED) is 0.804. The molecule has 0 aliphatic carbocycles. The predicted molar refractivity (Wildman–Crippen MR) is 76.9 cm³/mol. The highest BCUT2D eigenvalue weighted by atomic mass is 35.5. The van der Waals surface area contributed by atoms with E-state index >= 15 is 0 Å². The lowest BCUT2D eigenvalue weighted by Gasteiger charge is -2.22. The number of nitrogens with one attached hydrogen (secondary N) is 1. The van der Waals surface area contributed by atoms with E-state index in [1.165, 1.54) is 0 Å². The fourth-order valence-electron chi connectivity index (χ4n) is 2.09. The summed E-state index contributed by atoms with van der Waals surface area (Å²) in [7, 11) is 0. The van der Waals surface area contributed by atoms with Gasteiger partial charge in [0.15, 0.2) is 0 Å².